The number of imide groups is 1. The van der Waals surface area contributed by atoms with Gasteiger partial charge in [0.05, 0.1) is 11.9 Å². The predicted octanol–water partition coefficient (Wildman–Crippen LogP) is -0.0480. The van der Waals surface area contributed by atoms with Crippen molar-refractivity contribution in [2.45, 2.75) is 31.3 Å². The lowest BCUT2D eigenvalue weighted by Gasteiger charge is -2.21. The van der Waals surface area contributed by atoms with Crippen molar-refractivity contribution >= 4 is 23.5 Å². The highest BCUT2D eigenvalue weighted by molar-refractivity contribution is 6.10. The molecule has 0 spiro atoms. The maximum atomic E-state index is 12.6. The van der Waals surface area contributed by atoms with E-state index in [9.17, 15) is 14.4 Å². The van der Waals surface area contributed by atoms with Gasteiger partial charge in [0.15, 0.2) is 0 Å². The number of carbonyl (C=O) groups is 3. The molecule has 3 aliphatic heterocycles. The fraction of sp³-hybridized carbons (Fsp3) is 0.571. The molecule has 2 atom stereocenters. The van der Waals surface area contributed by atoms with Crippen LogP contribution in [0.25, 0.3) is 0 Å². The van der Waals surface area contributed by atoms with Crippen LogP contribution in [0.2, 0.25) is 0 Å². The lowest BCUT2D eigenvalue weighted by atomic mass is 10.1. The van der Waals surface area contributed by atoms with Gasteiger partial charge in [0.25, 0.3) is 11.8 Å². The van der Waals surface area contributed by atoms with Gasteiger partial charge in [0.2, 0.25) is 0 Å². The monoisotopic (exact) mass is 303 g/mol. The molecule has 3 aliphatic rings. The van der Waals surface area contributed by atoms with E-state index in [2.05, 4.69) is 5.10 Å². The Labute approximate surface area is 127 Å². The molecule has 4 amide bonds. The number of amides is 4. The van der Waals surface area contributed by atoms with Crippen molar-refractivity contribution in [2.24, 2.45) is 7.05 Å². The van der Waals surface area contributed by atoms with Crippen LogP contribution in [0.5, 0.6) is 0 Å². The molecule has 0 aliphatic carbocycles. The van der Waals surface area contributed by atoms with Gasteiger partial charge in [-0.1, -0.05) is 0 Å². The standard InChI is InChI=1S/C14H17N5O3/c1-16-8-9(7-15-16)17-6-4-11(12(17)20)19-13(21)10-3-2-5-18(10)14(19)22/h7-8,10-11H,2-6H2,1H3. The quantitative estimate of drug-likeness (QED) is 0.718. The van der Waals surface area contributed by atoms with E-state index in [4.69, 9.17) is 0 Å². The summed E-state index contributed by atoms with van der Waals surface area (Å²) < 4.78 is 1.62. The normalized spacial score (nSPS) is 28.2. The van der Waals surface area contributed by atoms with E-state index >= 15 is 0 Å². The van der Waals surface area contributed by atoms with Gasteiger partial charge in [-0.05, 0) is 19.3 Å². The third-order valence-corrected chi connectivity index (χ3v) is 4.72. The zero-order valence-corrected chi connectivity index (χ0v) is 12.3. The van der Waals surface area contributed by atoms with Crippen LogP contribution in [0, 0.1) is 0 Å². The van der Waals surface area contributed by atoms with Gasteiger partial charge in [-0.2, -0.15) is 5.10 Å². The largest absolute Gasteiger partial charge is 0.328 e. The Hall–Kier alpha value is -2.38. The Balaban J connectivity index is 1.58. The summed E-state index contributed by atoms with van der Waals surface area (Å²) in [6, 6.07) is -1.34. The molecule has 8 heteroatoms. The summed E-state index contributed by atoms with van der Waals surface area (Å²) in [6.45, 7) is 1.11. The molecule has 4 heterocycles. The summed E-state index contributed by atoms with van der Waals surface area (Å²) in [7, 11) is 1.78. The number of anilines is 1. The van der Waals surface area contributed by atoms with Crippen LogP contribution in [-0.2, 0) is 16.6 Å². The highest BCUT2D eigenvalue weighted by Crippen LogP contribution is 2.32. The molecule has 8 nitrogen and oxygen atoms in total. The van der Waals surface area contributed by atoms with Crippen molar-refractivity contribution in [1.29, 1.82) is 0 Å². The Bertz CT molecular complexity index is 647. The maximum absolute atomic E-state index is 12.6. The number of hydrogen-bond donors (Lipinski definition) is 0. The van der Waals surface area contributed by atoms with E-state index in [0.29, 0.717) is 31.6 Å². The highest BCUT2D eigenvalue weighted by Gasteiger charge is 2.53. The summed E-state index contributed by atoms with van der Waals surface area (Å²) in [6.07, 6.45) is 5.41. The van der Waals surface area contributed by atoms with Crippen molar-refractivity contribution in [3.63, 3.8) is 0 Å². The first-order valence-corrected chi connectivity index (χ1v) is 7.51. The van der Waals surface area contributed by atoms with E-state index in [-0.39, 0.29) is 23.9 Å². The third-order valence-electron chi connectivity index (χ3n) is 4.72. The number of aromatic nitrogens is 2. The molecule has 22 heavy (non-hydrogen) atoms. The topological polar surface area (TPSA) is 78.8 Å². The molecule has 0 aromatic carbocycles. The summed E-state index contributed by atoms with van der Waals surface area (Å²) in [5.41, 5.74) is 0.703. The summed E-state index contributed by atoms with van der Waals surface area (Å²) in [5, 5.41) is 4.06. The second-order valence-electron chi connectivity index (χ2n) is 6.01. The number of urea groups is 1. The molecule has 3 saturated heterocycles. The SMILES string of the molecule is Cn1cc(N2CCC(N3C(=O)C4CCCN4C3=O)C2=O)cn1. The van der Waals surface area contributed by atoms with Gasteiger partial charge in [-0.25, -0.2) is 9.69 Å². The zero-order chi connectivity index (χ0) is 15.4. The zero-order valence-electron chi connectivity index (χ0n) is 12.3. The van der Waals surface area contributed by atoms with Crippen LogP contribution in [0.3, 0.4) is 0 Å². The Kier molecular flexibility index (Phi) is 2.75. The highest BCUT2D eigenvalue weighted by atomic mass is 16.2. The molecule has 0 N–H and O–H groups in total. The minimum absolute atomic E-state index is 0.198. The third kappa shape index (κ3) is 1.69. The number of hydrogen-bond acceptors (Lipinski definition) is 4. The molecule has 0 bridgehead atoms. The smallest absolute Gasteiger partial charge is 0.312 e. The van der Waals surface area contributed by atoms with E-state index in [1.807, 2.05) is 0 Å². The van der Waals surface area contributed by atoms with Crippen LogP contribution < -0.4 is 4.90 Å². The molecule has 0 radical (unpaired) electrons. The average molecular weight is 303 g/mol. The minimum atomic E-state index is -0.675. The molecule has 0 saturated carbocycles. The number of fused-ring (bicyclic) bond motifs is 1. The second-order valence-corrected chi connectivity index (χ2v) is 6.01. The summed E-state index contributed by atoms with van der Waals surface area (Å²) in [4.78, 5) is 41.9. The fourth-order valence-corrected chi connectivity index (χ4v) is 3.64. The van der Waals surface area contributed by atoms with Crippen molar-refractivity contribution in [2.75, 3.05) is 18.0 Å². The van der Waals surface area contributed by atoms with Gasteiger partial charge >= 0.3 is 6.03 Å². The van der Waals surface area contributed by atoms with Crippen molar-refractivity contribution in [1.82, 2.24) is 19.6 Å². The van der Waals surface area contributed by atoms with Crippen LogP contribution in [0.15, 0.2) is 12.4 Å². The molecule has 1 aromatic heterocycles. The molecular formula is C14H17N5O3. The number of aryl methyl sites for hydroxylation is 1. The summed E-state index contributed by atoms with van der Waals surface area (Å²) in [5.74, 6) is -0.412. The minimum Gasteiger partial charge on any atom is -0.312 e. The molecule has 2 unspecified atom stereocenters. The average Bonchev–Trinajstić information content (AvgIpc) is 3.21. The predicted molar refractivity (Wildman–Crippen MR) is 75.9 cm³/mol. The lowest BCUT2D eigenvalue weighted by Crippen LogP contribution is -2.46. The Morgan fingerprint density at radius 2 is 1.91 bits per heavy atom. The van der Waals surface area contributed by atoms with E-state index < -0.39 is 6.04 Å². The molecule has 116 valence electrons. The van der Waals surface area contributed by atoms with Gasteiger partial charge < -0.3 is 9.80 Å². The van der Waals surface area contributed by atoms with Crippen LogP contribution in [0.4, 0.5) is 10.5 Å². The van der Waals surface area contributed by atoms with Crippen molar-refractivity contribution < 1.29 is 14.4 Å². The van der Waals surface area contributed by atoms with E-state index in [0.717, 1.165) is 6.42 Å². The first-order valence-electron chi connectivity index (χ1n) is 7.51. The number of rotatable bonds is 2. The molecule has 1 aromatic rings. The van der Waals surface area contributed by atoms with E-state index in [1.54, 1.807) is 33.9 Å². The van der Waals surface area contributed by atoms with E-state index in [1.165, 1.54) is 4.90 Å². The summed E-state index contributed by atoms with van der Waals surface area (Å²) >= 11 is 0. The van der Waals surface area contributed by atoms with Gasteiger partial charge in [0.1, 0.15) is 12.1 Å². The van der Waals surface area contributed by atoms with Crippen LogP contribution in [-0.4, -0.2) is 62.6 Å². The Morgan fingerprint density at radius 1 is 1.09 bits per heavy atom. The first kappa shape index (κ1) is 13.3. The molecule has 3 fully saturated rings. The lowest BCUT2D eigenvalue weighted by molar-refractivity contribution is -0.133. The van der Waals surface area contributed by atoms with Gasteiger partial charge in [-0.3, -0.25) is 14.3 Å². The first-order chi connectivity index (χ1) is 10.6. The maximum Gasteiger partial charge on any atom is 0.328 e. The van der Waals surface area contributed by atoms with Crippen molar-refractivity contribution in [3.05, 3.63) is 12.4 Å². The second kappa shape index (κ2) is 4.56. The number of nitrogens with zero attached hydrogens (tertiary/aromatic N) is 5. The van der Waals surface area contributed by atoms with Gasteiger partial charge in [-0.15, -0.1) is 0 Å². The fourth-order valence-electron chi connectivity index (χ4n) is 3.64. The Morgan fingerprint density at radius 3 is 2.59 bits per heavy atom. The van der Waals surface area contributed by atoms with Gasteiger partial charge in [0, 0.05) is 26.3 Å². The number of carbonyl (C=O) groups excluding carboxylic acids is 3. The molecule has 4 rings (SSSR count). The van der Waals surface area contributed by atoms with Crippen LogP contribution >= 0.6 is 0 Å². The molecular weight excluding hydrogens is 286 g/mol. The van der Waals surface area contributed by atoms with Crippen LogP contribution in [0.1, 0.15) is 19.3 Å². The van der Waals surface area contributed by atoms with Crippen molar-refractivity contribution in [3.8, 4) is 0 Å².